The molecular weight excluding hydrogens is 230 g/mol. The molecule has 0 bridgehead atoms. The normalized spacial score (nSPS) is 10.8. The van der Waals surface area contributed by atoms with E-state index < -0.39 is 0 Å². The molecule has 2 rings (SSSR count). The van der Waals surface area contributed by atoms with Crippen LogP contribution in [0.1, 0.15) is 41.4 Å². The molecule has 0 amide bonds. The zero-order valence-corrected chi connectivity index (χ0v) is 11.0. The number of aryl methyl sites for hydroxylation is 1. The molecule has 0 aliphatic carbocycles. The predicted molar refractivity (Wildman–Crippen MR) is 71.8 cm³/mol. The van der Waals surface area contributed by atoms with E-state index in [2.05, 4.69) is 44.0 Å². The van der Waals surface area contributed by atoms with Crippen molar-refractivity contribution in [3.05, 3.63) is 40.4 Å². The highest BCUT2D eigenvalue weighted by Crippen LogP contribution is 2.29. The second kappa shape index (κ2) is 4.80. The van der Waals surface area contributed by atoms with Crippen LogP contribution in [0.3, 0.4) is 0 Å². The number of aromatic nitrogens is 1. The molecule has 3 heteroatoms. The molecule has 0 spiro atoms. The first-order valence-corrected chi connectivity index (χ1v) is 6.51. The first-order chi connectivity index (χ1) is 8.11. The summed E-state index contributed by atoms with van der Waals surface area (Å²) >= 11 is 1.52. The molecule has 1 aromatic carbocycles. The van der Waals surface area contributed by atoms with E-state index in [1.807, 2.05) is 0 Å². The van der Waals surface area contributed by atoms with Crippen LogP contribution < -0.4 is 0 Å². The number of hydrogen-bond acceptors (Lipinski definition) is 3. The fraction of sp³-hybridized carbons (Fsp3) is 0.286. The Labute approximate surface area is 105 Å². The van der Waals surface area contributed by atoms with Crippen molar-refractivity contribution in [2.75, 3.05) is 0 Å². The monoisotopic (exact) mass is 245 g/mol. The SMILES string of the molecule is Cc1ccc(C(C)C)cc1-c1nc(C=O)cs1. The lowest BCUT2D eigenvalue weighted by molar-refractivity contribution is 0.111. The van der Waals surface area contributed by atoms with Crippen molar-refractivity contribution in [1.82, 2.24) is 4.98 Å². The topological polar surface area (TPSA) is 30.0 Å². The zero-order valence-electron chi connectivity index (χ0n) is 10.2. The van der Waals surface area contributed by atoms with Crippen LogP contribution in [-0.2, 0) is 0 Å². The maximum absolute atomic E-state index is 10.7. The smallest absolute Gasteiger partial charge is 0.169 e. The molecule has 0 N–H and O–H groups in total. The van der Waals surface area contributed by atoms with Crippen LogP contribution in [0.15, 0.2) is 23.6 Å². The van der Waals surface area contributed by atoms with Crippen molar-refractivity contribution in [2.24, 2.45) is 0 Å². The highest BCUT2D eigenvalue weighted by atomic mass is 32.1. The maximum Gasteiger partial charge on any atom is 0.169 e. The number of carbonyl (C=O) groups is 1. The third-order valence-corrected chi connectivity index (χ3v) is 3.70. The Hall–Kier alpha value is -1.48. The Balaban J connectivity index is 2.49. The summed E-state index contributed by atoms with van der Waals surface area (Å²) in [6.45, 7) is 6.42. The lowest BCUT2D eigenvalue weighted by Gasteiger charge is -2.09. The van der Waals surface area contributed by atoms with Gasteiger partial charge in [-0.1, -0.05) is 26.0 Å². The first-order valence-electron chi connectivity index (χ1n) is 5.63. The van der Waals surface area contributed by atoms with Crippen molar-refractivity contribution in [3.63, 3.8) is 0 Å². The molecule has 0 saturated heterocycles. The third-order valence-electron chi connectivity index (χ3n) is 2.80. The van der Waals surface area contributed by atoms with Crippen molar-refractivity contribution >= 4 is 17.6 Å². The van der Waals surface area contributed by atoms with Crippen LogP contribution in [0, 0.1) is 6.92 Å². The van der Waals surface area contributed by atoms with Crippen LogP contribution in [0.5, 0.6) is 0 Å². The summed E-state index contributed by atoms with van der Waals surface area (Å²) in [6.07, 6.45) is 0.793. The number of rotatable bonds is 3. The van der Waals surface area contributed by atoms with E-state index in [1.165, 1.54) is 22.5 Å². The highest BCUT2D eigenvalue weighted by Gasteiger charge is 2.09. The van der Waals surface area contributed by atoms with Crippen LogP contribution in [0.2, 0.25) is 0 Å². The molecule has 0 aliphatic rings. The summed E-state index contributed by atoms with van der Waals surface area (Å²) in [5, 5.41) is 2.72. The van der Waals surface area contributed by atoms with Crippen LogP contribution in [0.4, 0.5) is 0 Å². The molecule has 0 fully saturated rings. The highest BCUT2D eigenvalue weighted by molar-refractivity contribution is 7.13. The Morgan fingerprint density at radius 2 is 2.12 bits per heavy atom. The van der Waals surface area contributed by atoms with E-state index in [0.29, 0.717) is 11.6 Å². The average Bonchev–Trinajstić information content (AvgIpc) is 2.77. The van der Waals surface area contributed by atoms with E-state index in [4.69, 9.17) is 0 Å². The number of hydrogen-bond donors (Lipinski definition) is 0. The molecule has 2 aromatic rings. The summed E-state index contributed by atoms with van der Waals surface area (Å²) < 4.78 is 0. The molecule has 0 saturated carbocycles. The van der Waals surface area contributed by atoms with Gasteiger partial charge in [0.05, 0.1) is 0 Å². The lowest BCUT2D eigenvalue weighted by Crippen LogP contribution is -1.91. The quantitative estimate of drug-likeness (QED) is 0.763. The minimum Gasteiger partial charge on any atom is -0.296 e. The Morgan fingerprint density at radius 1 is 1.35 bits per heavy atom. The molecule has 1 aromatic heterocycles. The maximum atomic E-state index is 10.7. The van der Waals surface area contributed by atoms with Gasteiger partial charge in [0.2, 0.25) is 0 Å². The molecule has 0 atom stereocenters. The summed E-state index contributed by atoms with van der Waals surface area (Å²) in [4.78, 5) is 15.0. The van der Waals surface area contributed by atoms with Gasteiger partial charge in [0.15, 0.2) is 6.29 Å². The van der Waals surface area contributed by atoms with Crippen molar-refractivity contribution in [3.8, 4) is 10.6 Å². The van der Waals surface area contributed by atoms with Crippen molar-refractivity contribution < 1.29 is 4.79 Å². The second-order valence-corrected chi connectivity index (χ2v) is 5.28. The Bertz CT molecular complexity index is 543. The standard InChI is InChI=1S/C14H15NOS/c1-9(2)11-5-4-10(3)13(6-11)14-15-12(7-16)8-17-14/h4-9H,1-3H3. The van der Waals surface area contributed by atoms with E-state index in [-0.39, 0.29) is 0 Å². The van der Waals surface area contributed by atoms with Gasteiger partial charge in [-0.05, 0) is 30.0 Å². The molecule has 88 valence electrons. The van der Waals surface area contributed by atoms with Crippen molar-refractivity contribution in [1.29, 1.82) is 0 Å². The summed E-state index contributed by atoms with van der Waals surface area (Å²) in [5.41, 5.74) is 4.14. The largest absolute Gasteiger partial charge is 0.296 e. The summed E-state index contributed by atoms with van der Waals surface area (Å²) in [6, 6.07) is 6.44. The fourth-order valence-corrected chi connectivity index (χ4v) is 2.54. The molecule has 17 heavy (non-hydrogen) atoms. The second-order valence-electron chi connectivity index (χ2n) is 4.42. The predicted octanol–water partition coefficient (Wildman–Crippen LogP) is 4.05. The lowest BCUT2D eigenvalue weighted by atomic mass is 9.98. The summed E-state index contributed by atoms with van der Waals surface area (Å²) in [7, 11) is 0. The molecular formula is C14H15NOS. The number of thiazole rings is 1. The molecule has 0 radical (unpaired) electrons. The van der Waals surface area contributed by atoms with Gasteiger partial charge >= 0.3 is 0 Å². The van der Waals surface area contributed by atoms with Gasteiger partial charge in [-0.25, -0.2) is 4.98 Å². The van der Waals surface area contributed by atoms with Gasteiger partial charge < -0.3 is 0 Å². The first kappa shape index (κ1) is 12.0. The van der Waals surface area contributed by atoms with E-state index in [0.717, 1.165) is 16.9 Å². The Morgan fingerprint density at radius 3 is 2.71 bits per heavy atom. The minimum absolute atomic E-state index is 0.500. The van der Waals surface area contributed by atoms with Gasteiger partial charge in [-0.2, -0.15) is 0 Å². The van der Waals surface area contributed by atoms with Crippen LogP contribution in [0.25, 0.3) is 10.6 Å². The molecule has 1 heterocycles. The van der Waals surface area contributed by atoms with Gasteiger partial charge in [-0.15, -0.1) is 11.3 Å². The number of benzene rings is 1. The van der Waals surface area contributed by atoms with Gasteiger partial charge in [0.25, 0.3) is 0 Å². The average molecular weight is 245 g/mol. The molecule has 0 aliphatic heterocycles. The summed E-state index contributed by atoms with van der Waals surface area (Å²) in [5.74, 6) is 0.500. The van der Waals surface area contributed by atoms with E-state index in [1.54, 1.807) is 5.38 Å². The van der Waals surface area contributed by atoms with Gasteiger partial charge in [-0.3, -0.25) is 4.79 Å². The number of nitrogens with zero attached hydrogens (tertiary/aromatic N) is 1. The van der Waals surface area contributed by atoms with E-state index in [9.17, 15) is 4.79 Å². The third kappa shape index (κ3) is 2.44. The minimum atomic E-state index is 0.500. The van der Waals surface area contributed by atoms with Crippen LogP contribution >= 0.6 is 11.3 Å². The number of aldehydes is 1. The van der Waals surface area contributed by atoms with Crippen molar-refractivity contribution in [2.45, 2.75) is 26.7 Å². The van der Waals surface area contributed by atoms with E-state index >= 15 is 0 Å². The zero-order chi connectivity index (χ0) is 12.4. The molecule has 2 nitrogen and oxygen atoms in total. The van der Waals surface area contributed by atoms with Gasteiger partial charge in [0.1, 0.15) is 10.7 Å². The van der Waals surface area contributed by atoms with Crippen LogP contribution in [-0.4, -0.2) is 11.3 Å². The number of carbonyl (C=O) groups excluding carboxylic acids is 1. The fourth-order valence-electron chi connectivity index (χ4n) is 1.69. The molecule has 0 unspecified atom stereocenters. The van der Waals surface area contributed by atoms with Gasteiger partial charge in [0, 0.05) is 10.9 Å². The Kier molecular flexibility index (Phi) is 3.38.